The number of rotatable bonds is 7. The molecule has 1 aliphatic rings. The molecule has 1 heterocycles. The summed E-state index contributed by atoms with van der Waals surface area (Å²) in [5.41, 5.74) is 0.268. The van der Waals surface area contributed by atoms with Crippen molar-refractivity contribution in [1.82, 2.24) is 0 Å². The maximum absolute atomic E-state index is 11.9. The summed E-state index contributed by atoms with van der Waals surface area (Å²) in [6.07, 6.45) is -5.75. The summed E-state index contributed by atoms with van der Waals surface area (Å²) in [5, 5.41) is 56.6. The van der Waals surface area contributed by atoms with E-state index in [4.69, 9.17) is 24.6 Å². The Morgan fingerprint density at radius 3 is 2.46 bits per heavy atom. The van der Waals surface area contributed by atoms with Crippen LogP contribution in [-0.4, -0.2) is 82.0 Å². The lowest BCUT2D eigenvalue weighted by molar-refractivity contribution is -0.298. The maximum Gasteiger partial charge on any atom is 0.338 e. The molecular formula is C18H21NO9. The number of carbonyl (C=O) groups is 1. The molecule has 1 aromatic rings. The minimum atomic E-state index is -1.57. The van der Waals surface area contributed by atoms with Gasteiger partial charge in [-0.05, 0) is 30.3 Å². The summed E-state index contributed by atoms with van der Waals surface area (Å²) in [6.45, 7) is -1.13. The standard InChI is InChI=1S/C18H21NO9/c19-7-10(9-27-17(25)11-1-3-12(21)4-2-11)5-6-26-18-16(24)15(23)14(22)13(8-20)28-18/h1-5,13-16,18,20-24H,6,8-9H2. The van der Waals surface area contributed by atoms with E-state index in [1.54, 1.807) is 0 Å². The van der Waals surface area contributed by atoms with Crippen LogP contribution in [0.25, 0.3) is 0 Å². The molecule has 5 atom stereocenters. The van der Waals surface area contributed by atoms with E-state index in [9.17, 15) is 25.2 Å². The largest absolute Gasteiger partial charge is 0.508 e. The number of benzene rings is 1. The van der Waals surface area contributed by atoms with E-state index in [0.717, 1.165) is 0 Å². The molecule has 5 unspecified atom stereocenters. The first-order chi connectivity index (χ1) is 13.4. The summed E-state index contributed by atoms with van der Waals surface area (Å²) in [7, 11) is 0. The quantitative estimate of drug-likeness (QED) is 0.279. The van der Waals surface area contributed by atoms with Crippen molar-refractivity contribution >= 4 is 5.97 Å². The Hall–Kier alpha value is -2.52. The van der Waals surface area contributed by atoms with Gasteiger partial charge in [0, 0.05) is 0 Å². The minimum Gasteiger partial charge on any atom is -0.508 e. The fraction of sp³-hybridized carbons (Fsp3) is 0.444. The van der Waals surface area contributed by atoms with Crippen molar-refractivity contribution in [2.75, 3.05) is 19.8 Å². The number of nitrogens with zero attached hydrogens (tertiary/aromatic N) is 1. The summed E-state index contributed by atoms with van der Waals surface area (Å²) >= 11 is 0. The molecule has 10 heteroatoms. The van der Waals surface area contributed by atoms with Crippen LogP contribution in [0.2, 0.25) is 0 Å². The topological polar surface area (TPSA) is 170 Å². The lowest BCUT2D eigenvalue weighted by atomic mass is 9.99. The molecular weight excluding hydrogens is 374 g/mol. The fourth-order valence-corrected chi connectivity index (χ4v) is 2.41. The second kappa shape index (κ2) is 10.1. The minimum absolute atomic E-state index is 0.000461. The Morgan fingerprint density at radius 2 is 1.86 bits per heavy atom. The van der Waals surface area contributed by atoms with Crippen molar-refractivity contribution in [2.24, 2.45) is 0 Å². The van der Waals surface area contributed by atoms with Gasteiger partial charge in [0.1, 0.15) is 36.8 Å². The predicted molar refractivity (Wildman–Crippen MR) is 91.8 cm³/mol. The van der Waals surface area contributed by atoms with E-state index in [1.807, 2.05) is 6.07 Å². The van der Waals surface area contributed by atoms with E-state index in [-0.39, 0.29) is 30.1 Å². The Balaban J connectivity index is 1.86. The first-order valence-electron chi connectivity index (χ1n) is 8.34. The van der Waals surface area contributed by atoms with Gasteiger partial charge in [-0.25, -0.2) is 4.79 Å². The molecule has 0 bridgehead atoms. The average molecular weight is 395 g/mol. The molecule has 5 N–H and O–H groups in total. The highest BCUT2D eigenvalue weighted by Gasteiger charge is 2.43. The monoisotopic (exact) mass is 395 g/mol. The van der Waals surface area contributed by atoms with Crippen LogP contribution in [0.15, 0.2) is 35.9 Å². The molecule has 0 radical (unpaired) electrons. The second-order valence-corrected chi connectivity index (χ2v) is 5.99. The zero-order valence-electron chi connectivity index (χ0n) is 14.7. The number of nitriles is 1. The van der Waals surface area contributed by atoms with Crippen molar-refractivity contribution in [2.45, 2.75) is 30.7 Å². The molecule has 1 aromatic carbocycles. The van der Waals surface area contributed by atoms with Gasteiger partial charge in [-0.1, -0.05) is 0 Å². The summed E-state index contributed by atoms with van der Waals surface area (Å²) in [4.78, 5) is 11.9. The van der Waals surface area contributed by atoms with Crippen LogP contribution >= 0.6 is 0 Å². The smallest absolute Gasteiger partial charge is 0.338 e. The molecule has 0 spiro atoms. The van der Waals surface area contributed by atoms with Crippen LogP contribution in [0, 0.1) is 11.3 Å². The average Bonchev–Trinajstić information content (AvgIpc) is 2.70. The number of aliphatic hydroxyl groups excluding tert-OH is 4. The Labute approximate surface area is 160 Å². The predicted octanol–water partition coefficient (Wildman–Crippen LogP) is -1.18. The number of phenolic OH excluding ortho intramolecular Hbond substituents is 1. The summed E-state index contributed by atoms with van der Waals surface area (Å²) < 4.78 is 15.4. The molecule has 0 aliphatic carbocycles. The van der Waals surface area contributed by atoms with Gasteiger partial charge in [-0.3, -0.25) is 0 Å². The zero-order valence-corrected chi connectivity index (χ0v) is 14.7. The number of esters is 1. The summed E-state index contributed by atoms with van der Waals surface area (Å²) in [5.74, 6) is -0.685. The van der Waals surface area contributed by atoms with Crippen LogP contribution in [0.1, 0.15) is 10.4 Å². The van der Waals surface area contributed by atoms with Gasteiger partial charge in [-0.15, -0.1) is 0 Å². The highest BCUT2D eigenvalue weighted by molar-refractivity contribution is 5.89. The van der Waals surface area contributed by atoms with Crippen molar-refractivity contribution in [3.05, 3.63) is 41.5 Å². The van der Waals surface area contributed by atoms with Crippen LogP contribution in [0.3, 0.4) is 0 Å². The molecule has 1 fully saturated rings. The second-order valence-electron chi connectivity index (χ2n) is 5.99. The summed E-state index contributed by atoms with van der Waals surface area (Å²) in [6, 6.07) is 7.23. The van der Waals surface area contributed by atoms with Crippen LogP contribution in [0.4, 0.5) is 0 Å². The van der Waals surface area contributed by atoms with Gasteiger partial charge in [0.05, 0.1) is 30.4 Å². The first-order valence-corrected chi connectivity index (χ1v) is 8.34. The third-order valence-electron chi connectivity index (χ3n) is 4.04. The Bertz CT molecular complexity index is 726. The van der Waals surface area contributed by atoms with Crippen LogP contribution < -0.4 is 0 Å². The SMILES string of the molecule is N#CC(=CCOC1OC(CO)C(O)C(O)C1O)COC(=O)c1ccc(O)cc1. The van der Waals surface area contributed by atoms with Crippen molar-refractivity contribution in [3.8, 4) is 11.8 Å². The molecule has 0 amide bonds. The Morgan fingerprint density at radius 1 is 1.18 bits per heavy atom. The molecule has 1 aliphatic heterocycles. The van der Waals surface area contributed by atoms with E-state index < -0.39 is 43.3 Å². The number of hydrogen-bond donors (Lipinski definition) is 5. The molecule has 28 heavy (non-hydrogen) atoms. The normalized spacial score (nSPS) is 27.8. The number of ether oxygens (including phenoxy) is 3. The number of aliphatic hydroxyl groups is 4. The third-order valence-corrected chi connectivity index (χ3v) is 4.04. The molecule has 152 valence electrons. The van der Waals surface area contributed by atoms with Gasteiger partial charge in [0.2, 0.25) is 0 Å². The maximum atomic E-state index is 11.9. The lowest BCUT2D eigenvalue weighted by Gasteiger charge is -2.39. The molecule has 2 rings (SSSR count). The zero-order chi connectivity index (χ0) is 20.7. The fourth-order valence-electron chi connectivity index (χ4n) is 2.41. The number of carbonyl (C=O) groups excluding carboxylic acids is 1. The van der Waals surface area contributed by atoms with E-state index in [0.29, 0.717) is 0 Å². The third kappa shape index (κ3) is 5.49. The van der Waals surface area contributed by atoms with Gasteiger partial charge in [0.25, 0.3) is 0 Å². The van der Waals surface area contributed by atoms with Gasteiger partial charge in [0.15, 0.2) is 6.29 Å². The Kier molecular flexibility index (Phi) is 7.89. The number of hydrogen-bond acceptors (Lipinski definition) is 10. The van der Waals surface area contributed by atoms with Gasteiger partial charge >= 0.3 is 5.97 Å². The van der Waals surface area contributed by atoms with Crippen molar-refractivity contribution in [3.63, 3.8) is 0 Å². The van der Waals surface area contributed by atoms with Crippen LogP contribution in [-0.2, 0) is 14.2 Å². The highest BCUT2D eigenvalue weighted by Crippen LogP contribution is 2.22. The van der Waals surface area contributed by atoms with Crippen molar-refractivity contribution in [1.29, 1.82) is 5.26 Å². The number of aromatic hydroxyl groups is 1. The lowest BCUT2D eigenvalue weighted by Crippen LogP contribution is -2.59. The molecule has 0 aromatic heterocycles. The van der Waals surface area contributed by atoms with E-state index in [1.165, 1.54) is 30.3 Å². The van der Waals surface area contributed by atoms with E-state index >= 15 is 0 Å². The van der Waals surface area contributed by atoms with Gasteiger partial charge in [-0.2, -0.15) is 5.26 Å². The van der Waals surface area contributed by atoms with Crippen LogP contribution in [0.5, 0.6) is 5.75 Å². The first kappa shape index (κ1) is 21.8. The van der Waals surface area contributed by atoms with Crippen molar-refractivity contribution < 1.29 is 44.5 Å². The molecule has 1 saturated heterocycles. The van der Waals surface area contributed by atoms with E-state index in [2.05, 4.69) is 0 Å². The number of phenols is 1. The van der Waals surface area contributed by atoms with Gasteiger partial charge < -0.3 is 39.7 Å². The molecule has 0 saturated carbocycles. The molecule has 10 nitrogen and oxygen atoms in total. The highest BCUT2D eigenvalue weighted by atomic mass is 16.7.